The molecule has 0 radical (unpaired) electrons. The fourth-order valence-electron chi connectivity index (χ4n) is 1.92. The molecule has 24 heavy (non-hydrogen) atoms. The fourth-order valence-corrected chi connectivity index (χ4v) is 2.03. The van der Waals surface area contributed by atoms with Crippen LogP contribution in [0.1, 0.15) is 10.4 Å². The number of carbonyl (C=O) groups excluding carboxylic acids is 1. The van der Waals surface area contributed by atoms with Crippen molar-refractivity contribution in [2.45, 2.75) is 0 Å². The summed E-state index contributed by atoms with van der Waals surface area (Å²) in [6.07, 6.45) is 1.43. The van der Waals surface area contributed by atoms with Crippen molar-refractivity contribution in [2.75, 3.05) is 39.7 Å². The molecule has 1 N–H and O–H groups in total. The number of amides is 1. The Morgan fingerprint density at radius 3 is 2.67 bits per heavy atom. The maximum absolute atomic E-state index is 12.2. The Labute approximate surface area is 146 Å². The molecule has 0 bridgehead atoms. The zero-order valence-electron chi connectivity index (χ0n) is 13.9. The van der Waals surface area contributed by atoms with Crippen LogP contribution < -0.4 is 14.8 Å². The highest BCUT2D eigenvalue weighted by Crippen LogP contribution is 2.30. The number of rotatable bonds is 7. The minimum absolute atomic E-state index is 0.274. The fraction of sp³-hybridized carbons (Fsp3) is 0.294. The van der Waals surface area contributed by atoms with E-state index in [0.717, 1.165) is 6.54 Å². The molecule has 1 aromatic carbocycles. The number of carbonyl (C=O) groups is 1. The van der Waals surface area contributed by atoms with Crippen LogP contribution in [-0.4, -0.2) is 50.1 Å². The number of benzene rings is 1. The number of anilines is 1. The van der Waals surface area contributed by atoms with Crippen molar-refractivity contribution in [3.05, 3.63) is 47.2 Å². The molecule has 2 aromatic rings. The normalized spacial score (nSPS) is 10.5. The van der Waals surface area contributed by atoms with Gasteiger partial charge in [0.2, 0.25) is 0 Å². The van der Waals surface area contributed by atoms with Gasteiger partial charge in [0, 0.05) is 24.5 Å². The number of methoxy groups -OCH3 is 1. The lowest BCUT2D eigenvalue weighted by molar-refractivity contribution is 0.102. The molecular formula is C17H20ClN3O3. The van der Waals surface area contributed by atoms with Gasteiger partial charge in [-0.15, -0.1) is 0 Å². The first-order chi connectivity index (χ1) is 11.5. The number of aromatic nitrogens is 1. The van der Waals surface area contributed by atoms with E-state index in [0.29, 0.717) is 34.5 Å². The van der Waals surface area contributed by atoms with Crippen molar-refractivity contribution in [1.82, 2.24) is 9.88 Å². The van der Waals surface area contributed by atoms with Crippen LogP contribution in [0.25, 0.3) is 0 Å². The number of ether oxygens (including phenoxy) is 2. The van der Waals surface area contributed by atoms with Gasteiger partial charge in [-0.25, -0.2) is 4.98 Å². The first-order valence-electron chi connectivity index (χ1n) is 7.38. The van der Waals surface area contributed by atoms with Crippen LogP contribution in [-0.2, 0) is 0 Å². The average molecular weight is 350 g/mol. The molecule has 0 aliphatic rings. The van der Waals surface area contributed by atoms with E-state index >= 15 is 0 Å². The SMILES string of the molecule is COc1ccc(NC(=O)c2ccc(Cl)nc2)cc1OCCN(C)C. The lowest BCUT2D eigenvalue weighted by Gasteiger charge is -2.15. The summed E-state index contributed by atoms with van der Waals surface area (Å²) < 4.78 is 11.0. The Bertz CT molecular complexity index is 690. The van der Waals surface area contributed by atoms with Crippen LogP contribution in [0.3, 0.4) is 0 Å². The maximum Gasteiger partial charge on any atom is 0.257 e. The lowest BCUT2D eigenvalue weighted by atomic mass is 10.2. The highest BCUT2D eigenvalue weighted by atomic mass is 35.5. The van der Waals surface area contributed by atoms with E-state index in [1.54, 1.807) is 37.4 Å². The summed E-state index contributed by atoms with van der Waals surface area (Å²) in [5.74, 6) is 0.912. The van der Waals surface area contributed by atoms with E-state index in [9.17, 15) is 4.79 Å². The van der Waals surface area contributed by atoms with Crippen LogP contribution in [0.2, 0.25) is 5.15 Å². The van der Waals surface area contributed by atoms with Crippen molar-refractivity contribution in [3.63, 3.8) is 0 Å². The summed E-state index contributed by atoms with van der Waals surface area (Å²) in [6, 6.07) is 8.41. The quantitative estimate of drug-likeness (QED) is 0.779. The monoisotopic (exact) mass is 349 g/mol. The predicted molar refractivity (Wildman–Crippen MR) is 94.2 cm³/mol. The lowest BCUT2D eigenvalue weighted by Crippen LogP contribution is -2.19. The molecule has 2 rings (SSSR count). The first kappa shape index (κ1) is 18.0. The second-order valence-electron chi connectivity index (χ2n) is 5.34. The Morgan fingerprint density at radius 2 is 2.04 bits per heavy atom. The van der Waals surface area contributed by atoms with Crippen molar-refractivity contribution >= 4 is 23.2 Å². The minimum atomic E-state index is -0.274. The number of hydrogen-bond acceptors (Lipinski definition) is 5. The molecule has 0 saturated heterocycles. The molecule has 0 unspecified atom stereocenters. The zero-order valence-corrected chi connectivity index (χ0v) is 14.6. The molecular weight excluding hydrogens is 330 g/mol. The molecule has 7 heteroatoms. The number of pyridine rings is 1. The molecule has 0 fully saturated rings. The molecule has 0 atom stereocenters. The number of nitrogens with zero attached hydrogens (tertiary/aromatic N) is 2. The van der Waals surface area contributed by atoms with Gasteiger partial charge >= 0.3 is 0 Å². The van der Waals surface area contributed by atoms with E-state index in [1.807, 2.05) is 19.0 Å². The number of likely N-dealkylation sites (N-methyl/N-ethyl adjacent to an activating group) is 1. The summed E-state index contributed by atoms with van der Waals surface area (Å²) in [4.78, 5) is 18.1. The van der Waals surface area contributed by atoms with Gasteiger partial charge in [0.1, 0.15) is 11.8 Å². The standard InChI is InChI=1S/C17H20ClN3O3/c1-21(2)8-9-24-15-10-13(5-6-14(15)23-3)20-17(22)12-4-7-16(18)19-11-12/h4-7,10-11H,8-9H2,1-3H3,(H,20,22). The largest absolute Gasteiger partial charge is 0.493 e. The minimum Gasteiger partial charge on any atom is -0.493 e. The molecule has 0 aliphatic carbocycles. The molecule has 1 heterocycles. The Balaban J connectivity index is 2.09. The highest BCUT2D eigenvalue weighted by Gasteiger charge is 2.10. The molecule has 0 spiro atoms. The average Bonchev–Trinajstić information content (AvgIpc) is 2.55. The van der Waals surface area contributed by atoms with Crippen LogP contribution in [0.5, 0.6) is 11.5 Å². The van der Waals surface area contributed by atoms with Gasteiger partial charge in [-0.1, -0.05) is 11.6 Å². The second kappa shape index (κ2) is 8.52. The van der Waals surface area contributed by atoms with Gasteiger partial charge in [0.25, 0.3) is 5.91 Å². The van der Waals surface area contributed by atoms with E-state index in [4.69, 9.17) is 21.1 Å². The van der Waals surface area contributed by atoms with Crippen LogP contribution in [0.4, 0.5) is 5.69 Å². The van der Waals surface area contributed by atoms with E-state index in [-0.39, 0.29) is 5.91 Å². The van der Waals surface area contributed by atoms with Crippen molar-refractivity contribution in [1.29, 1.82) is 0 Å². The molecule has 0 saturated carbocycles. The van der Waals surface area contributed by atoms with Gasteiger partial charge < -0.3 is 19.7 Å². The molecule has 1 amide bonds. The van der Waals surface area contributed by atoms with E-state index in [2.05, 4.69) is 10.3 Å². The van der Waals surface area contributed by atoms with Crippen LogP contribution >= 0.6 is 11.6 Å². The number of halogens is 1. The van der Waals surface area contributed by atoms with Gasteiger partial charge in [-0.3, -0.25) is 4.79 Å². The molecule has 0 aliphatic heterocycles. The second-order valence-corrected chi connectivity index (χ2v) is 5.73. The molecule has 6 nitrogen and oxygen atoms in total. The summed E-state index contributed by atoms with van der Waals surface area (Å²) in [5, 5.41) is 3.14. The maximum atomic E-state index is 12.2. The third kappa shape index (κ3) is 5.11. The zero-order chi connectivity index (χ0) is 17.5. The number of hydrogen-bond donors (Lipinski definition) is 1. The summed E-state index contributed by atoms with van der Waals surface area (Å²) >= 11 is 5.72. The van der Waals surface area contributed by atoms with Crippen molar-refractivity contribution in [3.8, 4) is 11.5 Å². The third-order valence-corrected chi connectivity index (χ3v) is 3.43. The smallest absolute Gasteiger partial charge is 0.257 e. The van der Waals surface area contributed by atoms with Crippen LogP contribution in [0.15, 0.2) is 36.5 Å². The highest BCUT2D eigenvalue weighted by molar-refractivity contribution is 6.29. The predicted octanol–water partition coefficient (Wildman–Crippen LogP) is 2.94. The Hall–Kier alpha value is -2.31. The van der Waals surface area contributed by atoms with Gasteiger partial charge in [-0.05, 0) is 38.4 Å². The molecule has 1 aromatic heterocycles. The Morgan fingerprint density at radius 1 is 1.25 bits per heavy atom. The van der Waals surface area contributed by atoms with E-state index < -0.39 is 0 Å². The van der Waals surface area contributed by atoms with Gasteiger partial charge in [0.15, 0.2) is 11.5 Å². The number of nitrogens with one attached hydrogen (secondary N) is 1. The molecule has 128 valence electrons. The van der Waals surface area contributed by atoms with E-state index in [1.165, 1.54) is 6.20 Å². The van der Waals surface area contributed by atoms with Gasteiger partial charge in [0.05, 0.1) is 12.7 Å². The summed E-state index contributed by atoms with van der Waals surface area (Å²) in [5.41, 5.74) is 1.03. The first-order valence-corrected chi connectivity index (χ1v) is 7.76. The Kier molecular flexibility index (Phi) is 6.40. The third-order valence-electron chi connectivity index (χ3n) is 3.21. The summed E-state index contributed by atoms with van der Waals surface area (Å²) in [7, 11) is 5.51. The summed E-state index contributed by atoms with van der Waals surface area (Å²) in [6.45, 7) is 1.29. The van der Waals surface area contributed by atoms with Crippen molar-refractivity contribution < 1.29 is 14.3 Å². The van der Waals surface area contributed by atoms with Crippen LogP contribution in [0, 0.1) is 0 Å². The topological polar surface area (TPSA) is 63.7 Å². The van der Waals surface area contributed by atoms with Gasteiger partial charge in [-0.2, -0.15) is 0 Å². The van der Waals surface area contributed by atoms with Crippen molar-refractivity contribution in [2.24, 2.45) is 0 Å².